The fourth-order valence-corrected chi connectivity index (χ4v) is 0.840. The third-order valence-electron chi connectivity index (χ3n) is 2.15. The van der Waals surface area contributed by atoms with E-state index in [1.54, 1.807) is 0 Å². The molecular formula is C12H8F12NO5Pd-. The average Bonchev–Trinajstić information content (AvgIpc) is 2.49. The molecule has 0 heterocycles. The van der Waals surface area contributed by atoms with E-state index in [-0.39, 0.29) is 20.4 Å². The van der Waals surface area contributed by atoms with Gasteiger partial charge in [0.05, 0.1) is 0 Å². The fourth-order valence-electron chi connectivity index (χ4n) is 0.840. The predicted octanol–water partition coefficient (Wildman–Crippen LogP) is 3.71. The van der Waals surface area contributed by atoms with Crippen LogP contribution in [0.2, 0.25) is 0 Å². The Labute approximate surface area is 177 Å². The number of hydrogen-bond donors (Lipinski definition) is 2. The van der Waals surface area contributed by atoms with Crippen molar-refractivity contribution in [3.63, 3.8) is 0 Å². The van der Waals surface area contributed by atoms with Crippen LogP contribution in [0, 0.1) is 6.42 Å². The van der Waals surface area contributed by atoms with Crippen LogP contribution < -0.4 is 0 Å². The number of rotatable bonds is 5. The third kappa shape index (κ3) is 12.4. The summed E-state index contributed by atoms with van der Waals surface area (Å²) >= 11 is 0. The maximum absolute atomic E-state index is 12.2. The van der Waals surface area contributed by atoms with E-state index in [1.807, 2.05) is 0 Å². The Morgan fingerprint density at radius 2 is 1.29 bits per heavy atom. The molecule has 0 amide bonds. The number of carbonyl (C=O) groups excluding carboxylic acids is 2. The molecule has 2 N–H and O–H groups in total. The van der Waals surface area contributed by atoms with Gasteiger partial charge in [-0.15, -0.1) is 0 Å². The van der Waals surface area contributed by atoms with Crippen molar-refractivity contribution in [1.29, 1.82) is 0 Å². The van der Waals surface area contributed by atoms with Gasteiger partial charge in [0.2, 0.25) is 11.5 Å². The molecule has 186 valence electrons. The largest absolute Gasteiger partial charge is 0.504 e. The number of halogens is 12. The molecule has 0 fully saturated rings. The first-order valence-corrected chi connectivity index (χ1v) is 6.50. The summed E-state index contributed by atoms with van der Waals surface area (Å²) in [6.45, 7) is 1.09. The van der Waals surface area contributed by atoms with Gasteiger partial charge in [0, 0.05) is 32.7 Å². The zero-order valence-corrected chi connectivity index (χ0v) is 15.7. The van der Waals surface area contributed by atoms with Crippen molar-refractivity contribution >= 4 is 17.8 Å². The molecule has 0 saturated heterocycles. The van der Waals surface area contributed by atoms with Gasteiger partial charge in [-0.05, 0) is 6.92 Å². The summed E-state index contributed by atoms with van der Waals surface area (Å²) in [5, 5.41) is 19.2. The normalized spacial score (nSPS) is 15.2. The summed E-state index contributed by atoms with van der Waals surface area (Å²) in [6.07, 6.45) is -23.3. The Balaban J connectivity index is -0.000000507. The molecule has 0 spiro atoms. The summed E-state index contributed by atoms with van der Waals surface area (Å²) in [7, 11) is 0. The van der Waals surface area contributed by atoms with Crippen LogP contribution in [-0.2, 0) is 34.8 Å². The van der Waals surface area contributed by atoms with Crippen LogP contribution in [0.5, 0.6) is 0 Å². The minimum Gasteiger partial charge on any atom is -0.504 e. The van der Waals surface area contributed by atoms with E-state index in [0.29, 0.717) is 6.21 Å². The second-order valence-corrected chi connectivity index (χ2v) is 4.54. The number of Topliss-reactive ketones (excluding diaryl/α,β-unsaturated/α-hetero) is 1. The average molecular weight is 581 g/mol. The number of oxime groups is 1. The number of aliphatic hydroxyl groups excluding tert-OH is 1. The van der Waals surface area contributed by atoms with Crippen molar-refractivity contribution in [1.82, 2.24) is 0 Å². The van der Waals surface area contributed by atoms with Gasteiger partial charge < -0.3 is 19.8 Å². The maximum Gasteiger partial charge on any atom is 0.454 e. The quantitative estimate of drug-likeness (QED) is 0.0756. The standard InChI is InChI=1S/C7H6F6NO3.C5H2F6O2.Pd/c1-2-14-17-5(16,7(11,12)13)3-4(15)6(8,9)10;6-4(7,8)2(12)1-3(13)5(9,10)11;/h2-3,16H,1H3;1,12H;/q-1;;/b14-2+;2-1-;/t5-;;/m0../s1. The van der Waals surface area contributed by atoms with Crippen LogP contribution >= 0.6 is 0 Å². The SMILES string of the molecule is C/C=N/O[C@@](O)([CH-]C(=O)C(F)(F)F)C(F)(F)F.O=C(/C=C(\O)C(F)(F)F)C(F)(F)F.[Pd]. The van der Waals surface area contributed by atoms with E-state index < -0.39 is 60.3 Å². The number of aliphatic hydroxyl groups is 2. The van der Waals surface area contributed by atoms with Crippen LogP contribution in [0.4, 0.5) is 52.7 Å². The number of allylic oxidation sites excluding steroid dienone is 2. The number of hydrogen-bond acceptors (Lipinski definition) is 6. The molecule has 0 rings (SSSR count). The smallest absolute Gasteiger partial charge is 0.454 e. The van der Waals surface area contributed by atoms with Gasteiger partial charge in [-0.3, -0.25) is 4.79 Å². The van der Waals surface area contributed by atoms with Crippen LogP contribution in [0.15, 0.2) is 17.0 Å². The molecule has 0 unspecified atom stereocenters. The summed E-state index contributed by atoms with van der Waals surface area (Å²) in [5.74, 6) is -12.7. The Hall–Kier alpha value is -2.00. The molecule has 0 aliphatic carbocycles. The number of ketones is 2. The molecule has 0 saturated carbocycles. The van der Waals surface area contributed by atoms with Crippen molar-refractivity contribution in [2.45, 2.75) is 37.4 Å². The van der Waals surface area contributed by atoms with E-state index in [9.17, 15) is 62.3 Å². The van der Waals surface area contributed by atoms with Gasteiger partial charge in [0.25, 0.3) is 5.78 Å². The zero-order chi connectivity index (χ0) is 24.8. The first kappa shape index (κ1) is 33.6. The van der Waals surface area contributed by atoms with Gasteiger partial charge in [0.1, 0.15) is 5.78 Å². The minimum atomic E-state index is -5.65. The van der Waals surface area contributed by atoms with Crippen LogP contribution in [-0.4, -0.2) is 58.5 Å². The van der Waals surface area contributed by atoms with Crippen molar-refractivity contribution in [2.75, 3.05) is 0 Å². The van der Waals surface area contributed by atoms with E-state index in [1.165, 1.54) is 0 Å². The first-order chi connectivity index (χ1) is 13.0. The topological polar surface area (TPSA) is 96.2 Å². The molecular weight excluding hydrogens is 573 g/mol. The van der Waals surface area contributed by atoms with E-state index in [2.05, 4.69) is 9.99 Å². The molecule has 0 aliphatic rings. The third-order valence-corrected chi connectivity index (χ3v) is 2.15. The van der Waals surface area contributed by atoms with Crippen LogP contribution in [0.3, 0.4) is 0 Å². The van der Waals surface area contributed by atoms with E-state index >= 15 is 0 Å². The number of carbonyl (C=O) groups is 2. The first-order valence-electron chi connectivity index (χ1n) is 6.50. The van der Waals surface area contributed by atoms with Crippen LogP contribution in [0.25, 0.3) is 0 Å². The molecule has 1 atom stereocenters. The Morgan fingerprint density at radius 3 is 1.55 bits per heavy atom. The zero-order valence-electron chi connectivity index (χ0n) is 14.2. The number of nitrogens with zero attached hydrogens (tertiary/aromatic N) is 1. The minimum absolute atomic E-state index is 0. The summed E-state index contributed by atoms with van der Waals surface area (Å²) in [4.78, 5) is 23.6. The van der Waals surface area contributed by atoms with E-state index in [4.69, 9.17) is 10.2 Å². The van der Waals surface area contributed by atoms with Crippen molar-refractivity contribution < 1.29 is 97.7 Å². The monoisotopic (exact) mass is 580 g/mol. The Morgan fingerprint density at radius 1 is 0.871 bits per heavy atom. The number of alkyl halides is 12. The summed E-state index contributed by atoms with van der Waals surface area (Å²) in [5.41, 5.74) is 0. The van der Waals surface area contributed by atoms with Gasteiger partial charge >= 0.3 is 24.7 Å². The fraction of sp³-hybridized carbons (Fsp3) is 0.500. The maximum atomic E-state index is 12.2. The molecule has 0 aliphatic heterocycles. The molecule has 31 heavy (non-hydrogen) atoms. The van der Waals surface area contributed by atoms with Gasteiger partial charge in [-0.2, -0.15) is 52.7 Å². The van der Waals surface area contributed by atoms with Crippen LogP contribution in [0.1, 0.15) is 6.92 Å². The van der Waals surface area contributed by atoms with Gasteiger partial charge in [-0.1, -0.05) is 5.16 Å². The summed E-state index contributed by atoms with van der Waals surface area (Å²) < 4.78 is 140. The molecule has 6 nitrogen and oxygen atoms in total. The van der Waals surface area contributed by atoms with Gasteiger partial charge in [0.15, 0.2) is 0 Å². The molecule has 0 aromatic carbocycles. The predicted molar refractivity (Wildman–Crippen MR) is 69.4 cm³/mol. The second-order valence-electron chi connectivity index (χ2n) is 4.54. The molecule has 0 aromatic rings. The summed E-state index contributed by atoms with van der Waals surface area (Å²) in [6, 6.07) is 0. The molecule has 0 bridgehead atoms. The van der Waals surface area contributed by atoms with Crippen molar-refractivity contribution in [2.24, 2.45) is 5.16 Å². The van der Waals surface area contributed by atoms with Crippen molar-refractivity contribution in [3.05, 3.63) is 18.3 Å². The second kappa shape index (κ2) is 11.6. The molecule has 19 heteroatoms. The Bertz CT molecular complexity index is 665. The molecule has 0 radical (unpaired) electrons. The van der Waals surface area contributed by atoms with Crippen molar-refractivity contribution in [3.8, 4) is 0 Å². The Kier molecular flexibility index (Phi) is 12.6. The van der Waals surface area contributed by atoms with E-state index in [0.717, 1.165) is 6.92 Å². The van der Waals surface area contributed by atoms with Gasteiger partial charge in [-0.25, -0.2) is 6.42 Å². The molecule has 0 aromatic heterocycles.